The van der Waals surface area contributed by atoms with Crippen molar-refractivity contribution in [2.45, 2.75) is 26.3 Å². The highest BCUT2D eigenvalue weighted by molar-refractivity contribution is 5.93. The number of hydrogen-bond donors (Lipinski definition) is 1. The molecule has 1 aliphatic rings. The fourth-order valence-electron chi connectivity index (χ4n) is 2.35. The minimum atomic E-state index is -0.811. The predicted molar refractivity (Wildman–Crippen MR) is 66.4 cm³/mol. The number of aliphatic carboxylic acids is 1. The number of nitrogens with zero attached hydrogens (tertiary/aromatic N) is 2. The van der Waals surface area contributed by atoms with Crippen LogP contribution in [0.4, 0.5) is 0 Å². The van der Waals surface area contributed by atoms with Crippen molar-refractivity contribution < 1.29 is 14.7 Å². The maximum absolute atomic E-state index is 12.3. The molecular formula is C13H18N2O3. The third-order valence-corrected chi connectivity index (χ3v) is 3.34. The minimum absolute atomic E-state index is 0.0581. The van der Waals surface area contributed by atoms with Crippen molar-refractivity contribution in [3.05, 3.63) is 24.0 Å². The van der Waals surface area contributed by atoms with Crippen LogP contribution in [0.15, 0.2) is 18.3 Å². The zero-order chi connectivity index (χ0) is 13.1. The summed E-state index contributed by atoms with van der Waals surface area (Å²) < 4.78 is 1.93. The van der Waals surface area contributed by atoms with E-state index in [4.69, 9.17) is 5.11 Å². The van der Waals surface area contributed by atoms with Crippen LogP contribution < -0.4 is 0 Å². The molecule has 98 valence electrons. The molecule has 0 aromatic carbocycles. The molecule has 1 atom stereocenters. The minimum Gasteiger partial charge on any atom is -0.481 e. The van der Waals surface area contributed by atoms with Crippen LogP contribution in [0, 0.1) is 5.92 Å². The van der Waals surface area contributed by atoms with Gasteiger partial charge in [0.2, 0.25) is 0 Å². The van der Waals surface area contributed by atoms with Gasteiger partial charge in [0.25, 0.3) is 5.91 Å². The first-order chi connectivity index (χ1) is 8.63. The standard InChI is InChI=1S/C13H18N2O3/c1-2-6-14-7-3-4-11(14)12(16)15-8-5-10(9-15)13(17)18/h3-4,7,10H,2,5-6,8-9H2,1H3,(H,17,18). The van der Waals surface area contributed by atoms with Gasteiger partial charge >= 0.3 is 5.97 Å². The Hall–Kier alpha value is -1.78. The van der Waals surface area contributed by atoms with E-state index >= 15 is 0 Å². The summed E-state index contributed by atoms with van der Waals surface area (Å²) in [6.45, 7) is 3.73. The van der Waals surface area contributed by atoms with Gasteiger partial charge in [-0.3, -0.25) is 9.59 Å². The van der Waals surface area contributed by atoms with Crippen molar-refractivity contribution in [2.24, 2.45) is 5.92 Å². The molecular weight excluding hydrogens is 232 g/mol. The second-order valence-corrected chi connectivity index (χ2v) is 4.66. The first-order valence-corrected chi connectivity index (χ1v) is 6.30. The summed E-state index contributed by atoms with van der Waals surface area (Å²) >= 11 is 0. The van der Waals surface area contributed by atoms with Crippen LogP contribution in [0.25, 0.3) is 0 Å². The molecule has 1 unspecified atom stereocenters. The SMILES string of the molecule is CCCn1cccc1C(=O)N1CCC(C(=O)O)C1. The first-order valence-electron chi connectivity index (χ1n) is 6.30. The lowest BCUT2D eigenvalue weighted by Crippen LogP contribution is -2.31. The molecule has 1 aromatic heterocycles. The van der Waals surface area contributed by atoms with Crippen molar-refractivity contribution in [1.29, 1.82) is 0 Å². The second-order valence-electron chi connectivity index (χ2n) is 4.66. The molecule has 1 fully saturated rings. The number of rotatable bonds is 4. The molecule has 1 amide bonds. The Morgan fingerprint density at radius 3 is 2.89 bits per heavy atom. The number of aromatic nitrogens is 1. The van der Waals surface area contributed by atoms with Crippen LogP contribution in [-0.4, -0.2) is 39.5 Å². The van der Waals surface area contributed by atoms with E-state index in [-0.39, 0.29) is 5.91 Å². The van der Waals surface area contributed by atoms with Crippen LogP contribution in [0.5, 0.6) is 0 Å². The molecule has 0 saturated carbocycles. The van der Waals surface area contributed by atoms with Gasteiger partial charge in [-0.05, 0) is 25.0 Å². The number of aryl methyl sites for hydroxylation is 1. The first kappa shape index (κ1) is 12.7. The Bertz CT molecular complexity index is 453. The highest BCUT2D eigenvalue weighted by Crippen LogP contribution is 2.19. The molecule has 2 heterocycles. The third-order valence-electron chi connectivity index (χ3n) is 3.34. The van der Waals surface area contributed by atoms with Gasteiger partial charge in [-0.15, -0.1) is 0 Å². The summed E-state index contributed by atoms with van der Waals surface area (Å²) in [5.41, 5.74) is 0.655. The van der Waals surface area contributed by atoms with Gasteiger partial charge in [0.05, 0.1) is 5.92 Å². The van der Waals surface area contributed by atoms with Gasteiger partial charge in [0.15, 0.2) is 0 Å². The summed E-state index contributed by atoms with van der Waals surface area (Å²) in [6, 6.07) is 3.65. The van der Waals surface area contributed by atoms with E-state index < -0.39 is 11.9 Å². The van der Waals surface area contributed by atoms with Crippen LogP contribution in [-0.2, 0) is 11.3 Å². The van der Waals surface area contributed by atoms with E-state index in [1.165, 1.54) is 0 Å². The Morgan fingerprint density at radius 2 is 2.28 bits per heavy atom. The van der Waals surface area contributed by atoms with Crippen molar-refractivity contribution in [1.82, 2.24) is 9.47 Å². The lowest BCUT2D eigenvalue weighted by molar-refractivity contribution is -0.141. The Kier molecular flexibility index (Phi) is 3.69. The normalized spacial score (nSPS) is 19.2. The van der Waals surface area contributed by atoms with Crippen molar-refractivity contribution >= 4 is 11.9 Å². The van der Waals surface area contributed by atoms with Gasteiger partial charge in [-0.2, -0.15) is 0 Å². The van der Waals surface area contributed by atoms with E-state index in [0.29, 0.717) is 25.2 Å². The monoisotopic (exact) mass is 250 g/mol. The molecule has 18 heavy (non-hydrogen) atoms. The van der Waals surface area contributed by atoms with Crippen molar-refractivity contribution in [2.75, 3.05) is 13.1 Å². The van der Waals surface area contributed by atoms with Gasteiger partial charge in [-0.25, -0.2) is 0 Å². The third kappa shape index (κ3) is 2.39. The lowest BCUT2D eigenvalue weighted by Gasteiger charge is -2.17. The van der Waals surface area contributed by atoms with E-state index in [9.17, 15) is 9.59 Å². The number of carbonyl (C=O) groups excluding carboxylic acids is 1. The molecule has 5 heteroatoms. The van der Waals surface area contributed by atoms with Gasteiger partial charge in [-0.1, -0.05) is 6.92 Å². The number of hydrogen-bond acceptors (Lipinski definition) is 2. The maximum atomic E-state index is 12.3. The fraction of sp³-hybridized carbons (Fsp3) is 0.538. The molecule has 0 spiro atoms. The molecule has 1 saturated heterocycles. The number of carboxylic acid groups (broad SMARTS) is 1. The summed E-state index contributed by atoms with van der Waals surface area (Å²) in [4.78, 5) is 24.8. The van der Waals surface area contributed by atoms with Gasteiger partial charge in [0.1, 0.15) is 5.69 Å². The molecule has 1 aromatic rings. The van der Waals surface area contributed by atoms with Crippen molar-refractivity contribution in [3.63, 3.8) is 0 Å². The van der Waals surface area contributed by atoms with E-state index in [0.717, 1.165) is 13.0 Å². The molecule has 2 rings (SSSR count). The number of likely N-dealkylation sites (tertiary alicyclic amines) is 1. The summed E-state index contributed by atoms with van der Waals surface area (Å²) in [6.07, 6.45) is 3.41. The zero-order valence-electron chi connectivity index (χ0n) is 10.5. The van der Waals surface area contributed by atoms with Crippen molar-refractivity contribution in [3.8, 4) is 0 Å². The number of carboxylic acids is 1. The smallest absolute Gasteiger partial charge is 0.308 e. The molecule has 0 bridgehead atoms. The molecule has 0 radical (unpaired) electrons. The summed E-state index contributed by atoms with van der Waals surface area (Å²) in [7, 11) is 0. The highest BCUT2D eigenvalue weighted by atomic mass is 16.4. The number of amides is 1. The summed E-state index contributed by atoms with van der Waals surface area (Å²) in [5.74, 6) is -1.28. The molecule has 0 aliphatic carbocycles. The second kappa shape index (κ2) is 5.25. The van der Waals surface area contributed by atoms with E-state index in [1.54, 1.807) is 11.0 Å². The lowest BCUT2D eigenvalue weighted by atomic mass is 10.1. The molecule has 1 aliphatic heterocycles. The molecule has 1 N–H and O–H groups in total. The Labute approximate surface area is 106 Å². The van der Waals surface area contributed by atoms with Gasteiger partial charge in [0, 0.05) is 25.8 Å². The van der Waals surface area contributed by atoms with Crippen LogP contribution in [0.1, 0.15) is 30.3 Å². The number of carbonyl (C=O) groups is 2. The quantitative estimate of drug-likeness (QED) is 0.879. The Morgan fingerprint density at radius 1 is 1.50 bits per heavy atom. The zero-order valence-corrected chi connectivity index (χ0v) is 10.5. The maximum Gasteiger partial charge on any atom is 0.308 e. The van der Waals surface area contributed by atoms with Crippen LogP contribution >= 0.6 is 0 Å². The topological polar surface area (TPSA) is 62.5 Å². The average Bonchev–Trinajstić information content (AvgIpc) is 2.97. The van der Waals surface area contributed by atoms with E-state index in [1.807, 2.05) is 16.8 Å². The van der Waals surface area contributed by atoms with Crippen LogP contribution in [0.3, 0.4) is 0 Å². The van der Waals surface area contributed by atoms with E-state index in [2.05, 4.69) is 6.92 Å². The largest absolute Gasteiger partial charge is 0.481 e. The Balaban J connectivity index is 2.08. The highest BCUT2D eigenvalue weighted by Gasteiger charge is 2.31. The fourth-order valence-corrected chi connectivity index (χ4v) is 2.35. The average molecular weight is 250 g/mol. The predicted octanol–water partition coefficient (Wildman–Crippen LogP) is 1.44. The van der Waals surface area contributed by atoms with Gasteiger partial charge < -0.3 is 14.6 Å². The summed E-state index contributed by atoms with van der Waals surface area (Å²) in [5, 5.41) is 8.94. The molecule has 5 nitrogen and oxygen atoms in total. The van der Waals surface area contributed by atoms with Crippen LogP contribution in [0.2, 0.25) is 0 Å².